The SMILES string of the molecule is O=C(Nc1ccc(CC(NC(=O)C2C3CCC(CC3)N2C(=O)CCc2ccccc2)C(=O)O)cc1)c1c(Cl)cncc1Cl. The number of aromatic nitrogens is 1. The summed E-state index contributed by atoms with van der Waals surface area (Å²) in [5, 5.41) is 15.6. The van der Waals surface area contributed by atoms with Gasteiger partial charge >= 0.3 is 5.97 Å². The number of carboxylic acid groups (broad SMARTS) is 1. The highest BCUT2D eigenvalue weighted by Gasteiger charge is 2.47. The van der Waals surface area contributed by atoms with Gasteiger partial charge in [-0.3, -0.25) is 19.4 Å². The first kappa shape index (κ1) is 30.5. The summed E-state index contributed by atoms with van der Waals surface area (Å²) in [4.78, 5) is 57.4. The van der Waals surface area contributed by atoms with E-state index in [-0.39, 0.29) is 39.9 Å². The molecule has 3 fully saturated rings. The Kier molecular flexibility index (Phi) is 9.62. The van der Waals surface area contributed by atoms with Gasteiger partial charge in [0.05, 0.1) is 15.6 Å². The highest BCUT2D eigenvalue weighted by atomic mass is 35.5. The predicted octanol–water partition coefficient (Wildman–Crippen LogP) is 5.16. The summed E-state index contributed by atoms with van der Waals surface area (Å²) in [5.41, 5.74) is 2.25. The van der Waals surface area contributed by atoms with Crippen LogP contribution < -0.4 is 10.6 Å². The molecule has 3 amide bonds. The Morgan fingerprint density at radius 3 is 2.19 bits per heavy atom. The number of halogens is 2. The maximum absolute atomic E-state index is 13.6. The molecule has 3 heterocycles. The molecule has 6 rings (SSSR count). The second kappa shape index (κ2) is 13.6. The lowest BCUT2D eigenvalue weighted by Crippen LogP contribution is -2.64. The molecule has 2 aliphatic heterocycles. The van der Waals surface area contributed by atoms with E-state index in [0.717, 1.165) is 31.2 Å². The number of carbonyl (C=O) groups is 4. The molecular formula is C32H32Cl2N4O5. The molecule has 9 nitrogen and oxygen atoms in total. The van der Waals surface area contributed by atoms with Crippen LogP contribution in [0.3, 0.4) is 0 Å². The highest BCUT2D eigenvalue weighted by molar-refractivity contribution is 6.40. The molecule has 2 saturated heterocycles. The number of rotatable bonds is 10. The van der Waals surface area contributed by atoms with Gasteiger partial charge in [0, 0.05) is 37.0 Å². The summed E-state index contributed by atoms with van der Waals surface area (Å²) < 4.78 is 0. The number of anilines is 1. The van der Waals surface area contributed by atoms with Crippen molar-refractivity contribution in [2.24, 2.45) is 5.92 Å². The zero-order chi connectivity index (χ0) is 30.5. The van der Waals surface area contributed by atoms with E-state index in [1.807, 2.05) is 30.3 Å². The van der Waals surface area contributed by atoms with Gasteiger partial charge in [0.25, 0.3) is 5.91 Å². The fraction of sp³-hybridized carbons (Fsp3) is 0.344. The first-order valence-corrected chi connectivity index (χ1v) is 15.0. The van der Waals surface area contributed by atoms with E-state index in [4.69, 9.17) is 23.2 Å². The van der Waals surface area contributed by atoms with Crippen LogP contribution in [-0.4, -0.2) is 56.8 Å². The Labute approximate surface area is 259 Å². The Hall–Kier alpha value is -3.95. The van der Waals surface area contributed by atoms with Crippen LogP contribution in [0.5, 0.6) is 0 Å². The number of hydrogen-bond donors (Lipinski definition) is 3. The average Bonchev–Trinajstić information content (AvgIpc) is 3.01. The van der Waals surface area contributed by atoms with Gasteiger partial charge in [0.15, 0.2) is 0 Å². The van der Waals surface area contributed by atoms with Crippen LogP contribution in [0.15, 0.2) is 67.0 Å². The zero-order valence-corrected chi connectivity index (χ0v) is 24.9. The third-order valence-electron chi connectivity index (χ3n) is 8.25. The zero-order valence-electron chi connectivity index (χ0n) is 23.3. The summed E-state index contributed by atoms with van der Waals surface area (Å²) >= 11 is 12.1. The molecule has 2 aromatic carbocycles. The molecular weight excluding hydrogens is 591 g/mol. The van der Waals surface area contributed by atoms with E-state index in [9.17, 15) is 24.3 Å². The van der Waals surface area contributed by atoms with E-state index in [2.05, 4.69) is 15.6 Å². The van der Waals surface area contributed by atoms with E-state index < -0.39 is 29.9 Å². The summed E-state index contributed by atoms with van der Waals surface area (Å²) in [6.45, 7) is 0. The minimum absolute atomic E-state index is 0.00502. The number of fused-ring (bicyclic) bond motifs is 3. The Bertz CT molecular complexity index is 1470. The van der Waals surface area contributed by atoms with Gasteiger partial charge in [-0.2, -0.15) is 0 Å². The Balaban J connectivity index is 1.23. The Morgan fingerprint density at radius 1 is 0.907 bits per heavy atom. The van der Waals surface area contributed by atoms with Crippen molar-refractivity contribution in [3.05, 3.63) is 93.7 Å². The first-order chi connectivity index (χ1) is 20.7. The normalized spacial score (nSPS) is 19.9. The van der Waals surface area contributed by atoms with Crippen molar-refractivity contribution in [2.45, 2.75) is 63.1 Å². The second-order valence-corrected chi connectivity index (χ2v) is 11.8. The number of pyridine rings is 1. The van der Waals surface area contributed by atoms with Crippen molar-refractivity contribution in [3.8, 4) is 0 Å². The van der Waals surface area contributed by atoms with E-state index >= 15 is 0 Å². The summed E-state index contributed by atoms with van der Waals surface area (Å²) in [5.74, 6) is -2.17. The molecule has 11 heteroatoms. The molecule has 3 aliphatic rings. The number of carboxylic acids is 1. The molecule has 1 saturated carbocycles. The first-order valence-electron chi connectivity index (χ1n) is 14.3. The molecule has 2 unspecified atom stereocenters. The van der Waals surface area contributed by atoms with Gasteiger partial charge in [-0.15, -0.1) is 0 Å². The molecule has 224 valence electrons. The number of nitrogens with zero attached hydrogens (tertiary/aromatic N) is 2. The third-order valence-corrected chi connectivity index (χ3v) is 8.83. The maximum Gasteiger partial charge on any atom is 0.326 e. The van der Waals surface area contributed by atoms with Crippen molar-refractivity contribution in [1.29, 1.82) is 0 Å². The highest BCUT2D eigenvalue weighted by Crippen LogP contribution is 2.40. The van der Waals surface area contributed by atoms with Crippen molar-refractivity contribution in [2.75, 3.05) is 5.32 Å². The fourth-order valence-corrected chi connectivity index (χ4v) is 6.65. The molecule has 2 bridgehead atoms. The van der Waals surface area contributed by atoms with Crippen LogP contribution in [0.4, 0.5) is 5.69 Å². The predicted molar refractivity (Wildman–Crippen MR) is 163 cm³/mol. The van der Waals surface area contributed by atoms with Gasteiger partial charge in [0.2, 0.25) is 11.8 Å². The van der Waals surface area contributed by atoms with Gasteiger partial charge in [-0.25, -0.2) is 4.79 Å². The number of amides is 3. The monoisotopic (exact) mass is 622 g/mol. The van der Waals surface area contributed by atoms with Gasteiger partial charge < -0.3 is 20.6 Å². The number of carbonyl (C=O) groups excluding carboxylic acids is 3. The summed E-state index contributed by atoms with van der Waals surface area (Å²) in [6, 6.07) is 14.5. The molecule has 2 atom stereocenters. The standard InChI is InChI=1S/C32H32Cl2N4O5/c33-24-17-35-18-25(34)28(24)30(40)36-22-11-6-20(7-12-22)16-26(32(42)43)37-31(41)29-21-9-13-23(14-10-21)38(29)27(39)15-8-19-4-2-1-3-5-19/h1-7,11-12,17-18,21,23,26,29H,8-10,13-16H2,(H,36,40)(H,37,41)(H,42,43). The van der Waals surface area contributed by atoms with Crippen LogP contribution in [0.2, 0.25) is 10.0 Å². The van der Waals surface area contributed by atoms with Gasteiger partial charge in [-0.1, -0.05) is 65.7 Å². The minimum Gasteiger partial charge on any atom is -0.480 e. The van der Waals surface area contributed by atoms with Crippen LogP contribution in [0.1, 0.15) is 53.6 Å². The Morgan fingerprint density at radius 2 is 1.56 bits per heavy atom. The van der Waals surface area contributed by atoms with E-state index in [1.54, 1.807) is 29.2 Å². The number of aryl methyl sites for hydroxylation is 1. The van der Waals surface area contributed by atoms with Crippen LogP contribution in [-0.2, 0) is 27.2 Å². The number of nitrogens with one attached hydrogen (secondary N) is 2. The molecule has 0 spiro atoms. The quantitative estimate of drug-likeness (QED) is 0.287. The second-order valence-electron chi connectivity index (χ2n) is 11.0. The van der Waals surface area contributed by atoms with Crippen molar-refractivity contribution in [3.63, 3.8) is 0 Å². The van der Waals surface area contributed by atoms with Crippen LogP contribution in [0.25, 0.3) is 0 Å². The number of benzene rings is 2. The van der Waals surface area contributed by atoms with E-state index in [1.165, 1.54) is 12.4 Å². The lowest BCUT2D eigenvalue weighted by atomic mass is 9.74. The molecule has 3 aromatic rings. The van der Waals surface area contributed by atoms with Crippen molar-refractivity contribution in [1.82, 2.24) is 15.2 Å². The number of hydrogen-bond acceptors (Lipinski definition) is 5. The molecule has 0 radical (unpaired) electrons. The number of piperidine rings is 2. The van der Waals surface area contributed by atoms with Gasteiger partial charge in [0.1, 0.15) is 12.1 Å². The van der Waals surface area contributed by atoms with Crippen LogP contribution in [0, 0.1) is 5.92 Å². The fourth-order valence-electron chi connectivity index (χ4n) is 6.11. The van der Waals surface area contributed by atoms with E-state index in [0.29, 0.717) is 24.1 Å². The molecule has 43 heavy (non-hydrogen) atoms. The van der Waals surface area contributed by atoms with Crippen LogP contribution >= 0.6 is 23.2 Å². The molecule has 1 aliphatic carbocycles. The lowest BCUT2D eigenvalue weighted by molar-refractivity contribution is -0.154. The number of aliphatic carboxylic acids is 1. The maximum atomic E-state index is 13.6. The van der Waals surface area contributed by atoms with Crippen molar-refractivity contribution >= 4 is 52.6 Å². The lowest BCUT2D eigenvalue weighted by Gasteiger charge is -2.50. The smallest absolute Gasteiger partial charge is 0.326 e. The van der Waals surface area contributed by atoms with Gasteiger partial charge in [-0.05, 0) is 61.3 Å². The topological polar surface area (TPSA) is 129 Å². The molecule has 3 N–H and O–H groups in total. The average molecular weight is 624 g/mol. The largest absolute Gasteiger partial charge is 0.480 e. The molecule has 1 aromatic heterocycles. The minimum atomic E-state index is -1.19. The summed E-state index contributed by atoms with van der Waals surface area (Å²) in [7, 11) is 0. The van der Waals surface area contributed by atoms with Crippen molar-refractivity contribution < 1.29 is 24.3 Å². The third kappa shape index (κ3) is 7.17. The summed E-state index contributed by atoms with van der Waals surface area (Å²) in [6.07, 6.45) is 6.94.